The van der Waals surface area contributed by atoms with Crippen molar-refractivity contribution in [1.82, 2.24) is 19.7 Å². The molecule has 2 heterocycles. The Morgan fingerprint density at radius 1 is 1.12 bits per heavy atom. The van der Waals surface area contributed by atoms with Gasteiger partial charge in [-0.25, -0.2) is 4.98 Å². The van der Waals surface area contributed by atoms with E-state index in [1.54, 1.807) is 6.92 Å². The number of halogens is 6. The van der Waals surface area contributed by atoms with E-state index >= 15 is 0 Å². The number of aromatic nitrogens is 4. The average molecular weight is 360 g/mol. The first-order valence-corrected chi connectivity index (χ1v) is 6.85. The van der Waals surface area contributed by atoms with Crippen molar-refractivity contribution in [3.8, 4) is 5.69 Å². The van der Waals surface area contributed by atoms with E-state index in [1.807, 2.05) is 0 Å². The number of hydrogen-bond donors (Lipinski definition) is 1. The van der Waals surface area contributed by atoms with Crippen LogP contribution in [0.1, 0.15) is 24.0 Å². The smallest absolute Gasteiger partial charge is 0.295 e. The summed E-state index contributed by atoms with van der Waals surface area (Å²) in [6, 6.07) is 2.60. The predicted molar refractivity (Wildman–Crippen MR) is 77.9 cm³/mol. The van der Waals surface area contributed by atoms with Crippen molar-refractivity contribution in [1.29, 1.82) is 0 Å². The topological polar surface area (TPSA) is 46.5 Å². The van der Waals surface area contributed by atoms with Crippen LogP contribution in [-0.2, 0) is 12.4 Å². The summed E-state index contributed by atoms with van der Waals surface area (Å²) in [4.78, 5) is 2.74. The van der Waals surface area contributed by atoms with E-state index in [1.165, 1.54) is 18.3 Å². The summed E-state index contributed by atoms with van der Waals surface area (Å²) in [6.07, 6.45) is -8.37. The molecule has 2 aromatic heterocycles. The number of imidazole rings is 1. The zero-order valence-electron chi connectivity index (χ0n) is 12.6. The number of nitrogens with zero attached hydrogens (tertiary/aromatic N) is 3. The summed E-state index contributed by atoms with van der Waals surface area (Å²) >= 11 is 0. The second-order valence-corrected chi connectivity index (χ2v) is 5.42. The van der Waals surface area contributed by atoms with Gasteiger partial charge in [0.1, 0.15) is 0 Å². The summed E-state index contributed by atoms with van der Waals surface area (Å²) in [7, 11) is 0. The van der Waals surface area contributed by atoms with Crippen molar-refractivity contribution < 1.29 is 26.3 Å². The van der Waals surface area contributed by atoms with Crippen molar-refractivity contribution in [3.05, 3.63) is 48.2 Å². The van der Waals surface area contributed by atoms with E-state index in [4.69, 9.17) is 0 Å². The Labute approximate surface area is 136 Å². The summed E-state index contributed by atoms with van der Waals surface area (Å²) in [6.45, 7) is 5.35. The molecular weight excluding hydrogens is 350 g/mol. The van der Waals surface area contributed by atoms with Crippen molar-refractivity contribution in [2.24, 2.45) is 0 Å². The summed E-state index contributed by atoms with van der Waals surface area (Å²) < 4.78 is 78.3. The molecule has 1 N–H and O–H groups in total. The van der Waals surface area contributed by atoms with Crippen LogP contribution in [0.2, 0.25) is 0 Å². The molecule has 0 amide bonds. The fraction of sp³-hybridized carbons (Fsp3) is 0.200. The second-order valence-electron chi connectivity index (χ2n) is 5.42. The Bertz CT molecular complexity index is 961. The van der Waals surface area contributed by atoms with Gasteiger partial charge in [-0.2, -0.15) is 31.4 Å². The molecule has 25 heavy (non-hydrogen) atoms. The van der Waals surface area contributed by atoms with Crippen molar-refractivity contribution in [2.45, 2.75) is 19.3 Å². The molecule has 0 fully saturated rings. The molecule has 3 aromatic rings. The molecule has 4 nitrogen and oxygen atoms in total. The third kappa shape index (κ3) is 2.99. The lowest BCUT2D eigenvalue weighted by Crippen LogP contribution is -2.14. The average Bonchev–Trinajstić information content (AvgIpc) is 3.11. The quantitative estimate of drug-likeness (QED) is 0.666. The van der Waals surface area contributed by atoms with Crippen LogP contribution in [-0.4, -0.2) is 19.7 Å². The lowest BCUT2D eigenvalue weighted by Gasteiger charge is -2.12. The highest BCUT2D eigenvalue weighted by atomic mass is 19.4. The Morgan fingerprint density at radius 3 is 2.36 bits per heavy atom. The SMILES string of the molecule is C=C(C)c1cc(-n2cc(C(F)(F)F)nc2C(F)(F)F)cc2cn[nH]c12. The summed E-state index contributed by atoms with van der Waals surface area (Å²) in [5.74, 6) is -1.66. The van der Waals surface area contributed by atoms with E-state index in [0.717, 1.165) is 0 Å². The minimum atomic E-state index is -5.06. The molecule has 132 valence electrons. The number of nitrogens with one attached hydrogen (secondary N) is 1. The molecule has 0 unspecified atom stereocenters. The van der Waals surface area contributed by atoms with Crippen LogP contribution in [0.25, 0.3) is 22.2 Å². The molecule has 0 saturated carbocycles. The monoisotopic (exact) mass is 360 g/mol. The third-order valence-electron chi connectivity index (χ3n) is 3.52. The highest BCUT2D eigenvalue weighted by molar-refractivity contribution is 5.91. The molecule has 1 aromatic carbocycles. The molecule has 0 radical (unpaired) electrons. The molecule has 0 aliphatic rings. The van der Waals surface area contributed by atoms with E-state index in [9.17, 15) is 26.3 Å². The summed E-state index contributed by atoms with van der Waals surface area (Å²) in [5, 5.41) is 6.92. The minimum Gasteiger partial charge on any atom is -0.295 e. The molecule has 0 aliphatic carbocycles. The van der Waals surface area contributed by atoms with Crippen LogP contribution in [0, 0.1) is 0 Å². The van der Waals surface area contributed by atoms with Gasteiger partial charge in [0.25, 0.3) is 0 Å². The molecule has 0 saturated heterocycles. The van der Waals surface area contributed by atoms with Gasteiger partial charge < -0.3 is 0 Å². The Balaban J connectivity index is 2.30. The fourth-order valence-electron chi connectivity index (χ4n) is 2.43. The van der Waals surface area contributed by atoms with Gasteiger partial charge in [-0.1, -0.05) is 6.58 Å². The first-order valence-electron chi connectivity index (χ1n) is 6.85. The highest BCUT2D eigenvalue weighted by Crippen LogP contribution is 2.36. The number of aromatic amines is 1. The fourth-order valence-corrected chi connectivity index (χ4v) is 2.43. The number of hydrogen-bond acceptors (Lipinski definition) is 2. The van der Waals surface area contributed by atoms with E-state index in [0.29, 0.717) is 32.8 Å². The van der Waals surface area contributed by atoms with Crippen molar-refractivity contribution >= 4 is 16.5 Å². The number of alkyl halides is 6. The lowest BCUT2D eigenvalue weighted by atomic mass is 10.0. The number of fused-ring (bicyclic) bond motifs is 1. The normalized spacial score (nSPS) is 12.8. The van der Waals surface area contributed by atoms with Gasteiger partial charge in [0.15, 0.2) is 5.69 Å². The van der Waals surface area contributed by atoms with E-state index < -0.39 is 23.9 Å². The zero-order chi connectivity index (χ0) is 18.6. The van der Waals surface area contributed by atoms with Gasteiger partial charge in [-0.3, -0.25) is 9.67 Å². The minimum absolute atomic E-state index is 0.123. The zero-order valence-corrected chi connectivity index (χ0v) is 12.6. The van der Waals surface area contributed by atoms with E-state index in [-0.39, 0.29) is 5.69 Å². The maximum Gasteiger partial charge on any atom is 0.450 e. The highest BCUT2D eigenvalue weighted by Gasteiger charge is 2.42. The van der Waals surface area contributed by atoms with Gasteiger partial charge in [0, 0.05) is 22.8 Å². The van der Waals surface area contributed by atoms with Gasteiger partial charge in [0.2, 0.25) is 5.82 Å². The molecule has 0 atom stereocenters. The molecule has 0 aliphatic heterocycles. The van der Waals surface area contributed by atoms with Gasteiger partial charge >= 0.3 is 12.4 Å². The Morgan fingerprint density at radius 2 is 1.80 bits per heavy atom. The predicted octanol–water partition coefficient (Wildman–Crippen LogP) is 4.82. The van der Waals surface area contributed by atoms with Crippen molar-refractivity contribution in [3.63, 3.8) is 0 Å². The van der Waals surface area contributed by atoms with Gasteiger partial charge in [-0.05, 0) is 24.6 Å². The molecule has 3 rings (SSSR count). The summed E-state index contributed by atoms with van der Waals surface area (Å²) in [5.41, 5.74) is -0.256. The molecule has 0 bridgehead atoms. The first kappa shape index (κ1) is 17.1. The largest absolute Gasteiger partial charge is 0.450 e. The van der Waals surface area contributed by atoms with Crippen LogP contribution < -0.4 is 0 Å². The van der Waals surface area contributed by atoms with Crippen LogP contribution in [0.5, 0.6) is 0 Å². The number of H-pyrrole nitrogens is 1. The third-order valence-corrected chi connectivity index (χ3v) is 3.52. The number of rotatable bonds is 2. The van der Waals surface area contributed by atoms with Crippen LogP contribution in [0.3, 0.4) is 0 Å². The van der Waals surface area contributed by atoms with Crippen molar-refractivity contribution in [2.75, 3.05) is 0 Å². The standard InChI is InChI=1S/C15H10F6N4/c1-7(2)10-4-9(3-8-5-22-24-12(8)10)25-6-11(14(16,17)18)23-13(25)15(19,20)21/h3-6H,1H2,2H3,(H,22,24). The Kier molecular flexibility index (Phi) is 3.66. The molecule has 10 heteroatoms. The van der Waals surface area contributed by atoms with Crippen LogP contribution in [0.4, 0.5) is 26.3 Å². The number of allylic oxidation sites excluding steroid dienone is 1. The van der Waals surface area contributed by atoms with Crippen LogP contribution >= 0.6 is 0 Å². The number of benzene rings is 1. The lowest BCUT2D eigenvalue weighted by molar-refractivity contribution is -0.150. The Hall–Kier alpha value is -2.78. The maximum absolute atomic E-state index is 13.2. The first-order chi connectivity index (χ1) is 11.5. The second kappa shape index (κ2) is 5.36. The maximum atomic E-state index is 13.2. The van der Waals surface area contributed by atoms with Gasteiger partial charge in [0.05, 0.1) is 11.7 Å². The van der Waals surface area contributed by atoms with Gasteiger partial charge in [-0.15, -0.1) is 0 Å². The molecule has 0 spiro atoms. The molecular formula is C15H10F6N4. The van der Waals surface area contributed by atoms with E-state index in [2.05, 4.69) is 21.8 Å². The van der Waals surface area contributed by atoms with Crippen LogP contribution in [0.15, 0.2) is 31.1 Å².